The molecular weight excluding hydrogens is 243 g/mol. The smallest absolute Gasteiger partial charge is 0.141 e. The molecule has 96 valence electrons. The van der Waals surface area contributed by atoms with Gasteiger partial charge in [-0.2, -0.15) is 0 Å². The third-order valence-corrected chi connectivity index (χ3v) is 3.07. The summed E-state index contributed by atoms with van der Waals surface area (Å²) in [4.78, 5) is 7.53. The molecule has 2 aromatic carbocycles. The molecular formula is C15H13FN2O. The van der Waals surface area contributed by atoms with Crippen LogP contribution in [0.1, 0.15) is 5.56 Å². The minimum Gasteiger partial charge on any atom is -0.497 e. The van der Waals surface area contributed by atoms with E-state index in [0.29, 0.717) is 11.4 Å². The van der Waals surface area contributed by atoms with E-state index in [-0.39, 0.29) is 5.82 Å². The van der Waals surface area contributed by atoms with Crippen LogP contribution in [0.25, 0.3) is 22.4 Å². The van der Waals surface area contributed by atoms with Crippen LogP contribution < -0.4 is 4.74 Å². The SMILES string of the molecule is COc1ccc2nc(-c3cc(C)ccc3F)[nH]c2c1. The summed E-state index contributed by atoms with van der Waals surface area (Å²) in [7, 11) is 1.61. The second-order valence-corrected chi connectivity index (χ2v) is 4.45. The van der Waals surface area contributed by atoms with Crippen molar-refractivity contribution >= 4 is 11.0 Å². The average Bonchev–Trinajstić information content (AvgIpc) is 2.83. The van der Waals surface area contributed by atoms with Gasteiger partial charge in [0.2, 0.25) is 0 Å². The Labute approximate surface area is 110 Å². The molecule has 0 saturated carbocycles. The fraction of sp³-hybridized carbons (Fsp3) is 0.133. The number of ether oxygens (including phenoxy) is 1. The first-order valence-corrected chi connectivity index (χ1v) is 5.97. The van der Waals surface area contributed by atoms with Gasteiger partial charge in [0.05, 0.1) is 23.7 Å². The molecule has 3 nitrogen and oxygen atoms in total. The predicted molar refractivity (Wildman–Crippen MR) is 72.8 cm³/mol. The summed E-state index contributed by atoms with van der Waals surface area (Å²) < 4.78 is 19.0. The third-order valence-electron chi connectivity index (χ3n) is 3.07. The summed E-state index contributed by atoms with van der Waals surface area (Å²) >= 11 is 0. The number of benzene rings is 2. The summed E-state index contributed by atoms with van der Waals surface area (Å²) in [5.41, 5.74) is 3.09. The van der Waals surface area contributed by atoms with Crippen LogP contribution in [-0.4, -0.2) is 17.1 Å². The number of hydrogen-bond donors (Lipinski definition) is 1. The Morgan fingerprint density at radius 3 is 2.79 bits per heavy atom. The van der Waals surface area contributed by atoms with Crippen molar-refractivity contribution in [3.05, 3.63) is 47.8 Å². The molecule has 0 aliphatic heterocycles. The van der Waals surface area contributed by atoms with Crippen LogP contribution in [0, 0.1) is 12.7 Å². The van der Waals surface area contributed by atoms with Gasteiger partial charge in [-0.25, -0.2) is 9.37 Å². The highest BCUT2D eigenvalue weighted by Crippen LogP contribution is 2.26. The Kier molecular flexibility index (Phi) is 2.71. The first-order chi connectivity index (χ1) is 9.17. The first kappa shape index (κ1) is 11.7. The molecule has 0 bridgehead atoms. The van der Waals surface area contributed by atoms with Crippen molar-refractivity contribution < 1.29 is 9.13 Å². The van der Waals surface area contributed by atoms with Gasteiger partial charge in [-0.15, -0.1) is 0 Å². The number of hydrogen-bond acceptors (Lipinski definition) is 2. The van der Waals surface area contributed by atoms with Gasteiger partial charge in [-0.1, -0.05) is 11.6 Å². The highest BCUT2D eigenvalue weighted by molar-refractivity contribution is 5.80. The molecule has 0 saturated heterocycles. The zero-order valence-corrected chi connectivity index (χ0v) is 10.7. The second kappa shape index (κ2) is 4.39. The predicted octanol–water partition coefficient (Wildman–Crippen LogP) is 3.69. The molecule has 0 atom stereocenters. The largest absolute Gasteiger partial charge is 0.497 e. The van der Waals surface area contributed by atoms with E-state index in [1.807, 2.05) is 25.1 Å². The summed E-state index contributed by atoms with van der Waals surface area (Å²) in [5.74, 6) is 0.994. The number of aryl methyl sites for hydroxylation is 1. The maximum atomic E-state index is 13.8. The lowest BCUT2D eigenvalue weighted by atomic mass is 10.1. The Morgan fingerprint density at radius 1 is 1.16 bits per heavy atom. The van der Waals surface area contributed by atoms with Crippen LogP contribution in [-0.2, 0) is 0 Å². The average molecular weight is 256 g/mol. The molecule has 0 amide bonds. The number of fused-ring (bicyclic) bond motifs is 1. The summed E-state index contributed by atoms with van der Waals surface area (Å²) in [5, 5.41) is 0. The topological polar surface area (TPSA) is 37.9 Å². The van der Waals surface area contributed by atoms with Crippen molar-refractivity contribution in [2.75, 3.05) is 7.11 Å². The van der Waals surface area contributed by atoms with Crippen LogP contribution in [0.3, 0.4) is 0 Å². The molecule has 0 aliphatic carbocycles. The van der Waals surface area contributed by atoms with Gasteiger partial charge in [0, 0.05) is 6.07 Å². The molecule has 0 unspecified atom stereocenters. The van der Waals surface area contributed by atoms with Crippen LogP contribution in [0.15, 0.2) is 36.4 Å². The van der Waals surface area contributed by atoms with Crippen molar-refractivity contribution in [1.82, 2.24) is 9.97 Å². The van der Waals surface area contributed by atoms with E-state index in [9.17, 15) is 4.39 Å². The fourth-order valence-corrected chi connectivity index (χ4v) is 2.06. The van der Waals surface area contributed by atoms with Crippen molar-refractivity contribution in [1.29, 1.82) is 0 Å². The number of rotatable bonds is 2. The van der Waals surface area contributed by atoms with Gasteiger partial charge in [-0.05, 0) is 31.2 Å². The second-order valence-electron chi connectivity index (χ2n) is 4.45. The molecule has 1 aromatic heterocycles. The Hall–Kier alpha value is -2.36. The van der Waals surface area contributed by atoms with Gasteiger partial charge < -0.3 is 9.72 Å². The summed E-state index contributed by atoms with van der Waals surface area (Å²) in [6.45, 7) is 1.93. The number of aromatic nitrogens is 2. The molecule has 3 aromatic rings. The van der Waals surface area contributed by atoms with E-state index < -0.39 is 0 Å². The van der Waals surface area contributed by atoms with Crippen LogP contribution in [0.4, 0.5) is 4.39 Å². The van der Waals surface area contributed by atoms with E-state index in [1.165, 1.54) is 6.07 Å². The van der Waals surface area contributed by atoms with Gasteiger partial charge in [0.15, 0.2) is 0 Å². The molecule has 0 aliphatic rings. The van der Waals surface area contributed by atoms with Gasteiger partial charge in [0.25, 0.3) is 0 Å². The van der Waals surface area contributed by atoms with Gasteiger partial charge in [-0.3, -0.25) is 0 Å². The first-order valence-electron chi connectivity index (χ1n) is 5.97. The number of nitrogens with zero attached hydrogens (tertiary/aromatic N) is 1. The van der Waals surface area contributed by atoms with E-state index in [2.05, 4.69) is 9.97 Å². The summed E-state index contributed by atoms with van der Waals surface area (Å²) in [6, 6.07) is 10.5. The number of imidazole rings is 1. The van der Waals surface area contributed by atoms with Crippen molar-refractivity contribution in [2.24, 2.45) is 0 Å². The van der Waals surface area contributed by atoms with E-state index in [1.54, 1.807) is 19.2 Å². The van der Waals surface area contributed by atoms with Crippen molar-refractivity contribution in [3.63, 3.8) is 0 Å². The third kappa shape index (κ3) is 2.05. The number of aromatic amines is 1. The van der Waals surface area contributed by atoms with Crippen molar-refractivity contribution in [2.45, 2.75) is 6.92 Å². The number of nitrogens with one attached hydrogen (secondary N) is 1. The van der Waals surface area contributed by atoms with Crippen LogP contribution in [0.5, 0.6) is 5.75 Å². The van der Waals surface area contributed by atoms with E-state index in [0.717, 1.165) is 22.3 Å². The van der Waals surface area contributed by atoms with Crippen molar-refractivity contribution in [3.8, 4) is 17.1 Å². The van der Waals surface area contributed by atoms with Crippen LogP contribution >= 0.6 is 0 Å². The van der Waals surface area contributed by atoms with Gasteiger partial charge in [0.1, 0.15) is 17.4 Å². The molecule has 0 fully saturated rings. The fourth-order valence-electron chi connectivity index (χ4n) is 2.06. The highest BCUT2D eigenvalue weighted by atomic mass is 19.1. The lowest BCUT2D eigenvalue weighted by molar-refractivity contribution is 0.415. The molecule has 1 N–H and O–H groups in total. The maximum Gasteiger partial charge on any atom is 0.141 e. The molecule has 3 rings (SSSR count). The Bertz CT molecular complexity index is 749. The minimum absolute atomic E-state index is 0.281. The molecule has 0 radical (unpaired) electrons. The minimum atomic E-state index is -0.281. The zero-order valence-electron chi connectivity index (χ0n) is 10.7. The molecule has 0 spiro atoms. The lowest BCUT2D eigenvalue weighted by Crippen LogP contribution is -1.87. The van der Waals surface area contributed by atoms with Gasteiger partial charge >= 0.3 is 0 Å². The maximum absolute atomic E-state index is 13.8. The normalized spacial score (nSPS) is 10.9. The number of methoxy groups -OCH3 is 1. The summed E-state index contributed by atoms with van der Waals surface area (Å²) in [6.07, 6.45) is 0. The molecule has 1 heterocycles. The van der Waals surface area contributed by atoms with E-state index >= 15 is 0 Å². The molecule has 19 heavy (non-hydrogen) atoms. The number of halogens is 1. The Balaban J connectivity index is 2.17. The zero-order chi connectivity index (χ0) is 13.4. The monoisotopic (exact) mass is 256 g/mol. The lowest BCUT2D eigenvalue weighted by Gasteiger charge is -2.00. The highest BCUT2D eigenvalue weighted by Gasteiger charge is 2.10. The quantitative estimate of drug-likeness (QED) is 0.759. The van der Waals surface area contributed by atoms with E-state index in [4.69, 9.17) is 4.74 Å². The molecule has 4 heteroatoms. The Morgan fingerprint density at radius 2 is 2.00 bits per heavy atom. The number of H-pyrrole nitrogens is 1. The standard InChI is InChI=1S/C15H13FN2O/c1-9-3-5-12(16)11(7-9)15-17-13-6-4-10(19-2)8-14(13)18-15/h3-8H,1-2H3,(H,17,18). The van der Waals surface area contributed by atoms with Crippen LogP contribution in [0.2, 0.25) is 0 Å².